The Bertz CT molecular complexity index is 1310. The van der Waals surface area contributed by atoms with Crippen molar-refractivity contribution in [2.75, 3.05) is 12.0 Å². The van der Waals surface area contributed by atoms with Gasteiger partial charge in [-0.05, 0) is 72.6 Å². The predicted molar refractivity (Wildman–Crippen MR) is 124 cm³/mol. The molecule has 1 fully saturated rings. The summed E-state index contributed by atoms with van der Waals surface area (Å²) in [7, 11) is 1.54. The van der Waals surface area contributed by atoms with E-state index in [1.54, 1.807) is 42.5 Å². The van der Waals surface area contributed by atoms with Gasteiger partial charge in [0.25, 0.3) is 11.7 Å². The van der Waals surface area contributed by atoms with Crippen LogP contribution in [0.1, 0.15) is 29.7 Å². The topological polar surface area (TPSA) is 76.1 Å². The number of Topliss-reactive ketones (excluding diaryl/α,β-unsaturated/α-hetero) is 1. The normalized spacial score (nSPS) is 20.9. The second-order valence-corrected chi connectivity index (χ2v) is 8.37. The first kappa shape index (κ1) is 21.7. The first-order chi connectivity index (χ1) is 16.4. The van der Waals surface area contributed by atoms with Gasteiger partial charge in [-0.1, -0.05) is 12.1 Å². The lowest BCUT2D eigenvalue weighted by Crippen LogP contribution is -2.29. The summed E-state index contributed by atoms with van der Waals surface area (Å²) in [5, 5.41) is 11.3. The van der Waals surface area contributed by atoms with Gasteiger partial charge in [-0.15, -0.1) is 0 Å². The molecule has 2 aliphatic rings. The number of methoxy groups -OCH3 is 1. The van der Waals surface area contributed by atoms with Gasteiger partial charge in [0.15, 0.2) is 0 Å². The first-order valence-corrected chi connectivity index (χ1v) is 10.9. The molecule has 0 radical (unpaired) electrons. The molecule has 0 aromatic heterocycles. The summed E-state index contributed by atoms with van der Waals surface area (Å²) in [6, 6.07) is 16.5. The monoisotopic (exact) mass is 459 g/mol. The van der Waals surface area contributed by atoms with Crippen molar-refractivity contribution < 1.29 is 28.6 Å². The molecule has 1 saturated heterocycles. The van der Waals surface area contributed by atoms with Crippen molar-refractivity contribution in [3.63, 3.8) is 0 Å². The lowest BCUT2D eigenvalue weighted by molar-refractivity contribution is -0.132. The number of carbonyl (C=O) groups is 2. The van der Waals surface area contributed by atoms with E-state index in [4.69, 9.17) is 9.47 Å². The zero-order chi connectivity index (χ0) is 24.0. The number of halogens is 1. The number of aliphatic hydroxyl groups is 1. The maximum Gasteiger partial charge on any atom is 0.300 e. The highest BCUT2D eigenvalue weighted by molar-refractivity contribution is 6.51. The zero-order valence-electron chi connectivity index (χ0n) is 18.6. The van der Waals surface area contributed by atoms with Gasteiger partial charge in [0.2, 0.25) is 0 Å². The number of ether oxygens (including phenoxy) is 2. The quantitative estimate of drug-likeness (QED) is 0.345. The van der Waals surface area contributed by atoms with Crippen LogP contribution in [0.5, 0.6) is 11.5 Å². The van der Waals surface area contributed by atoms with Crippen LogP contribution in [0.2, 0.25) is 0 Å². The van der Waals surface area contributed by atoms with Crippen LogP contribution in [-0.4, -0.2) is 30.0 Å². The fourth-order valence-corrected chi connectivity index (χ4v) is 4.53. The minimum absolute atomic E-state index is 0.0238. The molecule has 1 amide bonds. The average molecular weight is 459 g/mol. The second-order valence-electron chi connectivity index (χ2n) is 8.37. The first-order valence-electron chi connectivity index (χ1n) is 10.9. The Morgan fingerprint density at radius 1 is 1.06 bits per heavy atom. The Hall–Kier alpha value is -4.13. The average Bonchev–Trinajstić information content (AvgIpc) is 3.35. The lowest BCUT2D eigenvalue weighted by Gasteiger charge is -2.25. The number of ketones is 1. The van der Waals surface area contributed by atoms with E-state index in [-0.39, 0.29) is 17.4 Å². The van der Waals surface area contributed by atoms with Crippen molar-refractivity contribution >= 4 is 23.1 Å². The highest BCUT2D eigenvalue weighted by atomic mass is 19.1. The van der Waals surface area contributed by atoms with E-state index in [0.717, 1.165) is 11.3 Å². The summed E-state index contributed by atoms with van der Waals surface area (Å²) in [6.07, 6.45) is 0.707. The molecule has 34 heavy (non-hydrogen) atoms. The van der Waals surface area contributed by atoms with Crippen LogP contribution in [-0.2, 0) is 16.0 Å². The van der Waals surface area contributed by atoms with Crippen molar-refractivity contribution in [3.05, 3.63) is 94.8 Å². The fraction of sp³-hybridized carbons (Fsp3) is 0.185. The van der Waals surface area contributed by atoms with Crippen LogP contribution in [0, 0.1) is 5.82 Å². The van der Waals surface area contributed by atoms with Crippen LogP contribution < -0.4 is 14.4 Å². The van der Waals surface area contributed by atoms with Crippen molar-refractivity contribution in [2.24, 2.45) is 0 Å². The number of amides is 1. The molecule has 2 heterocycles. The molecular weight excluding hydrogens is 437 g/mol. The third kappa shape index (κ3) is 3.59. The number of fused-ring (bicyclic) bond motifs is 1. The van der Waals surface area contributed by atoms with Gasteiger partial charge < -0.3 is 14.6 Å². The molecule has 172 valence electrons. The van der Waals surface area contributed by atoms with E-state index in [9.17, 15) is 19.1 Å². The van der Waals surface area contributed by atoms with Crippen LogP contribution in [0.25, 0.3) is 5.76 Å². The van der Waals surface area contributed by atoms with Crippen LogP contribution >= 0.6 is 0 Å². The Morgan fingerprint density at radius 3 is 2.44 bits per heavy atom. The molecule has 2 unspecified atom stereocenters. The molecule has 0 aliphatic carbocycles. The van der Waals surface area contributed by atoms with Crippen molar-refractivity contribution in [3.8, 4) is 11.5 Å². The molecule has 6 nitrogen and oxygen atoms in total. The van der Waals surface area contributed by atoms with Gasteiger partial charge in [0.1, 0.15) is 29.2 Å². The van der Waals surface area contributed by atoms with Crippen molar-refractivity contribution in [1.82, 2.24) is 0 Å². The van der Waals surface area contributed by atoms with E-state index in [0.29, 0.717) is 29.0 Å². The summed E-state index contributed by atoms with van der Waals surface area (Å²) >= 11 is 0. The molecule has 0 spiro atoms. The zero-order valence-corrected chi connectivity index (χ0v) is 18.6. The van der Waals surface area contributed by atoms with E-state index < -0.39 is 23.5 Å². The highest BCUT2D eigenvalue weighted by Crippen LogP contribution is 2.43. The number of rotatable bonds is 4. The molecule has 2 aliphatic heterocycles. The SMILES string of the molecule is COc1ccc(C2/C(=C(/O)c3ccc4c(c3)CC(C)O4)C(=O)C(=O)N2c2ccc(F)cc2)cc1. The van der Waals surface area contributed by atoms with Crippen LogP contribution in [0.15, 0.2) is 72.3 Å². The molecule has 0 bridgehead atoms. The molecule has 1 N–H and O–H groups in total. The largest absolute Gasteiger partial charge is 0.507 e. The Morgan fingerprint density at radius 2 is 1.76 bits per heavy atom. The third-order valence-electron chi connectivity index (χ3n) is 6.15. The van der Waals surface area contributed by atoms with E-state index in [2.05, 4.69) is 0 Å². The molecule has 3 aromatic rings. The summed E-state index contributed by atoms with van der Waals surface area (Å²) in [5.74, 6) is -1.00. The van der Waals surface area contributed by atoms with Crippen LogP contribution in [0.4, 0.5) is 10.1 Å². The number of carbonyl (C=O) groups excluding carboxylic acids is 2. The maximum absolute atomic E-state index is 13.6. The molecule has 3 aromatic carbocycles. The van der Waals surface area contributed by atoms with Gasteiger partial charge in [0, 0.05) is 17.7 Å². The molecule has 0 saturated carbocycles. The van der Waals surface area contributed by atoms with Gasteiger partial charge in [-0.25, -0.2) is 4.39 Å². The Balaban J connectivity index is 1.67. The molecular formula is C27H22FNO5. The van der Waals surface area contributed by atoms with E-state index in [1.165, 1.54) is 36.3 Å². The fourth-order valence-electron chi connectivity index (χ4n) is 4.53. The number of hydrogen-bond donors (Lipinski definition) is 1. The van der Waals surface area contributed by atoms with Crippen molar-refractivity contribution in [2.45, 2.75) is 25.5 Å². The van der Waals surface area contributed by atoms with Gasteiger partial charge in [0.05, 0.1) is 18.7 Å². The van der Waals surface area contributed by atoms with Gasteiger partial charge in [-0.2, -0.15) is 0 Å². The Kier molecular flexibility index (Phi) is 5.32. The summed E-state index contributed by atoms with van der Waals surface area (Å²) in [4.78, 5) is 27.7. The number of anilines is 1. The highest BCUT2D eigenvalue weighted by Gasteiger charge is 2.47. The molecule has 2 atom stereocenters. The molecule has 7 heteroatoms. The standard InChI is InChI=1S/C27H22FNO5/c1-15-13-18-14-17(5-12-22(18)34-15)25(30)23-24(16-3-10-21(33-2)11-4-16)29(27(32)26(23)31)20-8-6-19(28)7-9-20/h3-12,14-15,24,30H,13H2,1-2H3/b25-23-. The third-order valence-corrected chi connectivity index (χ3v) is 6.15. The smallest absolute Gasteiger partial charge is 0.300 e. The number of nitrogens with zero attached hydrogens (tertiary/aromatic N) is 1. The maximum atomic E-state index is 13.6. The van der Waals surface area contributed by atoms with E-state index >= 15 is 0 Å². The van der Waals surface area contributed by atoms with Gasteiger partial charge >= 0.3 is 0 Å². The van der Waals surface area contributed by atoms with Crippen LogP contribution in [0.3, 0.4) is 0 Å². The summed E-state index contributed by atoms with van der Waals surface area (Å²) in [6.45, 7) is 1.96. The van der Waals surface area contributed by atoms with Gasteiger partial charge in [-0.3, -0.25) is 14.5 Å². The minimum atomic E-state index is -0.903. The second kappa shape index (κ2) is 8.33. The number of aliphatic hydroxyl groups excluding tert-OH is 1. The Labute approximate surface area is 195 Å². The predicted octanol–water partition coefficient (Wildman–Crippen LogP) is 4.78. The summed E-state index contributed by atoms with van der Waals surface area (Å²) in [5.41, 5.74) is 2.26. The minimum Gasteiger partial charge on any atom is -0.507 e. The van der Waals surface area contributed by atoms with Crippen molar-refractivity contribution in [1.29, 1.82) is 0 Å². The number of benzene rings is 3. The van der Waals surface area contributed by atoms with E-state index in [1.807, 2.05) is 6.92 Å². The lowest BCUT2D eigenvalue weighted by atomic mass is 9.94. The number of hydrogen-bond acceptors (Lipinski definition) is 5. The summed E-state index contributed by atoms with van der Waals surface area (Å²) < 4.78 is 24.5. The molecule has 5 rings (SSSR count).